The van der Waals surface area contributed by atoms with Crippen molar-refractivity contribution in [2.24, 2.45) is 0 Å². The maximum absolute atomic E-state index is 12.1. The highest BCUT2D eigenvalue weighted by atomic mass is 32.2. The molecule has 218 valence electrons. The van der Waals surface area contributed by atoms with Crippen LogP contribution in [0.4, 0.5) is 0 Å². The molecule has 0 spiro atoms. The van der Waals surface area contributed by atoms with Gasteiger partial charge in [-0.2, -0.15) is 0 Å². The second-order valence-corrected chi connectivity index (χ2v) is 12.0. The molecule has 0 unspecified atom stereocenters. The van der Waals surface area contributed by atoms with Gasteiger partial charge in [0.05, 0.1) is 10.5 Å². The fourth-order valence-electron chi connectivity index (χ4n) is 4.59. The molecule has 2 atom stereocenters. The minimum absolute atomic E-state index is 0.00441. The summed E-state index contributed by atoms with van der Waals surface area (Å²) in [5.74, 6) is -1.14. The van der Waals surface area contributed by atoms with Crippen LogP contribution in [-0.2, 0) is 9.59 Å². The maximum atomic E-state index is 12.1. The van der Waals surface area contributed by atoms with E-state index in [0.29, 0.717) is 24.6 Å². The monoisotopic (exact) mass is 600 g/mol. The van der Waals surface area contributed by atoms with Crippen molar-refractivity contribution in [1.82, 2.24) is 10.6 Å². The van der Waals surface area contributed by atoms with E-state index >= 15 is 0 Å². The Morgan fingerprint density at radius 1 is 0.500 bits per heavy atom. The molecule has 4 rings (SSSR count). The first-order valence-corrected chi connectivity index (χ1v) is 16.0. The Morgan fingerprint density at radius 2 is 0.762 bits per heavy atom. The van der Waals surface area contributed by atoms with Crippen LogP contribution in [0.25, 0.3) is 0 Å². The quantitative estimate of drug-likeness (QED) is 0.108. The van der Waals surface area contributed by atoms with E-state index in [0.717, 1.165) is 22.3 Å². The number of carbonyl (C=O) groups is 2. The van der Waals surface area contributed by atoms with E-state index in [1.165, 1.54) is 0 Å². The first kappa shape index (κ1) is 31.4. The van der Waals surface area contributed by atoms with Crippen molar-refractivity contribution < 1.29 is 19.8 Å². The molecule has 4 aromatic carbocycles. The summed E-state index contributed by atoms with van der Waals surface area (Å²) in [7, 11) is 0. The normalized spacial score (nSPS) is 12.7. The third kappa shape index (κ3) is 9.49. The van der Waals surface area contributed by atoms with E-state index < -0.39 is 24.0 Å². The lowest BCUT2D eigenvalue weighted by Gasteiger charge is -2.22. The van der Waals surface area contributed by atoms with Gasteiger partial charge in [-0.15, -0.1) is 23.5 Å². The Bertz CT molecular complexity index is 1180. The molecule has 0 aliphatic heterocycles. The molecule has 42 heavy (non-hydrogen) atoms. The lowest BCUT2D eigenvalue weighted by Crippen LogP contribution is -2.46. The van der Waals surface area contributed by atoms with E-state index in [-0.39, 0.29) is 10.5 Å². The number of benzene rings is 4. The van der Waals surface area contributed by atoms with Crippen molar-refractivity contribution in [3.63, 3.8) is 0 Å². The molecule has 0 fully saturated rings. The zero-order valence-corrected chi connectivity index (χ0v) is 24.8. The number of nitrogens with one attached hydrogen (secondary N) is 2. The zero-order chi connectivity index (χ0) is 29.6. The Kier molecular flexibility index (Phi) is 12.5. The fraction of sp³-hybridized carbons (Fsp3) is 0.235. The SMILES string of the molecule is O=C(O)[C@H](CSC(c1ccccc1)c1ccccc1)NCCN[C@@H](CSC(c1ccccc1)c1ccccc1)C(=O)O. The van der Waals surface area contributed by atoms with E-state index in [4.69, 9.17) is 0 Å². The first-order chi connectivity index (χ1) is 20.5. The van der Waals surface area contributed by atoms with Crippen LogP contribution < -0.4 is 10.6 Å². The van der Waals surface area contributed by atoms with Crippen LogP contribution in [0, 0.1) is 0 Å². The van der Waals surface area contributed by atoms with Crippen LogP contribution >= 0.6 is 23.5 Å². The molecular weight excluding hydrogens is 565 g/mol. The minimum Gasteiger partial charge on any atom is -0.480 e. The van der Waals surface area contributed by atoms with Gasteiger partial charge in [-0.05, 0) is 22.3 Å². The van der Waals surface area contributed by atoms with E-state index in [9.17, 15) is 19.8 Å². The van der Waals surface area contributed by atoms with Gasteiger partial charge in [-0.1, -0.05) is 121 Å². The largest absolute Gasteiger partial charge is 0.480 e. The second kappa shape index (κ2) is 16.8. The van der Waals surface area contributed by atoms with E-state index in [1.54, 1.807) is 23.5 Å². The summed E-state index contributed by atoms with van der Waals surface area (Å²) >= 11 is 3.16. The molecule has 0 saturated carbocycles. The van der Waals surface area contributed by atoms with Gasteiger partial charge in [0.1, 0.15) is 12.1 Å². The van der Waals surface area contributed by atoms with Crippen LogP contribution in [0.5, 0.6) is 0 Å². The number of aliphatic carboxylic acids is 2. The molecule has 0 radical (unpaired) electrons. The van der Waals surface area contributed by atoms with Gasteiger partial charge in [-0.3, -0.25) is 9.59 Å². The van der Waals surface area contributed by atoms with Crippen molar-refractivity contribution in [3.8, 4) is 0 Å². The highest BCUT2D eigenvalue weighted by Gasteiger charge is 2.24. The van der Waals surface area contributed by atoms with Gasteiger partial charge in [0.15, 0.2) is 0 Å². The number of carboxylic acid groups (broad SMARTS) is 2. The summed E-state index contributed by atoms with van der Waals surface area (Å²) in [6.07, 6.45) is 0. The summed E-state index contributed by atoms with van der Waals surface area (Å²) < 4.78 is 0. The van der Waals surface area contributed by atoms with Gasteiger partial charge < -0.3 is 20.8 Å². The summed E-state index contributed by atoms with van der Waals surface area (Å²) in [4.78, 5) is 24.1. The van der Waals surface area contributed by atoms with Crippen LogP contribution in [0.15, 0.2) is 121 Å². The predicted molar refractivity (Wildman–Crippen MR) is 173 cm³/mol. The first-order valence-electron chi connectivity index (χ1n) is 13.9. The smallest absolute Gasteiger partial charge is 0.321 e. The van der Waals surface area contributed by atoms with Gasteiger partial charge >= 0.3 is 11.9 Å². The van der Waals surface area contributed by atoms with Gasteiger partial charge in [-0.25, -0.2) is 0 Å². The lowest BCUT2D eigenvalue weighted by atomic mass is 10.0. The summed E-state index contributed by atoms with van der Waals surface area (Å²) in [5.41, 5.74) is 4.47. The summed E-state index contributed by atoms with van der Waals surface area (Å²) in [6.45, 7) is 0.655. The third-order valence-electron chi connectivity index (χ3n) is 6.77. The van der Waals surface area contributed by atoms with E-state index in [2.05, 4.69) is 59.2 Å². The number of hydrogen-bond acceptors (Lipinski definition) is 6. The molecular formula is C34H36N2O4S2. The predicted octanol–water partition coefficient (Wildman–Crippen LogP) is 6.12. The molecule has 4 N–H and O–H groups in total. The highest BCUT2D eigenvalue weighted by Crippen LogP contribution is 2.37. The molecule has 6 nitrogen and oxygen atoms in total. The number of carboxylic acids is 2. The molecule has 0 amide bonds. The molecule has 0 aromatic heterocycles. The Balaban J connectivity index is 1.31. The lowest BCUT2D eigenvalue weighted by molar-refractivity contribution is -0.140. The average molecular weight is 601 g/mol. The molecule has 0 aliphatic rings. The zero-order valence-electron chi connectivity index (χ0n) is 23.2. The van der Waals surface area contributed by atoms with Crippen molar-refractivity contribution in [2.45, 2.75) is 22.6 Å². The Labute approximate surface area is 256 Å². The fourth-order valence-corrected chi connectivity index (χ4v) is 7.28. The standard InChI is InChI=1S/C34H36N2O4S2/c37-33(38)29(23-41-31(25-13-5-1-6-14-25)26-15-7-2-8-16-26)35-21-22-36-30(34(39)40)24-42-32(27-17-9-3-10-18-27)28-19-11-4-12-20-28/h1-20,29-32,35-36H,21-24H2,(H,37,38)(H,39,40)/t29-,30-/m0/s1. The molecule has 8 heteroatoms. The van der Waals surface area contributed by atoms with Gasteiger partial charge in [0, 0.05) is 24.6 Å². The summed E-state index contributed by atoms with van der Waals surface area (Å²) in [6, 6.07) is 38.7. The van der Waals surface area contributed by atoms with Crippen LogP contribution in [0.1, 0.15) is 32.8 Å². The number of rotatable bonds is 17. The van der Waals surface area contributed by atoms with Crippen LogP contribution in [-0.4, -0.2) is 58.8 Å². The van der Waals surface area contributed by atoms with Crippen LogP contribution in [0.2, 0.25) is 0 Å². The van der Waals surface area contributed by atoms with Crippen molar-refractivity contribution in [2.75, 3.05) is 24.6 Å². The third-order valence-corrected chi connectivity index (χ3v) is 9.58. The number of thioether (sulfide) groups is 2. The molecule has 0 bridgehead atoms. The summed E-state index contributed by atoms with van der Waals surface area (Å²) in [5, 5.41) is 26.0. The highest BCUT2D eigenvalue weighted by molar-refractivity contribution is 8.00. The van der Waals surface area contributed by atoms with Gasteiger partial charge in [0.2, 0.25) is 0 Å². The maximum Gasteiger partial charge on any atom is 0.321 e. The Hall–Kier alpha value is -3.56. The number of hydrogen-bond donors (Lipinski definition) is 4. The van der Waals surface area contributed by atoms with E-state index in [1.807, 2.05) is 72.8 Å². The second-order valence-electron chi connectivity index (χ2n) is 9.76. The van der Waals surface area contributed by atoms with Crippen molar-refractivity contribution >= 4 is 35.5 Å². The van der Waals surface area contributed by atoms with Gasteiger partial charge in [0.25, 0.3) is 0 Å². The topological polar surface area (TPSA) is 98.7 Å². The molecule has 0 heterocycles. The molecule has 0 saturated heterocycles. The van der Waals surface area contributed by atoms with Crippen molar-refractivity contribution in [1.29, 1.82) is 0 Å². The average Bonchev–Trinajstić information content (AvgIpc) is 3.03. The Morgan fingerprint density at radius 3 is 1.00 bits per heavy atom. The van der Waals surface area contributed by atoms with Crippen LogP contribution in [0.3, 0.4) is 0 Å². The molecule has 4 aromatic rings. The minimum atomic E-state index is -0.929. The van der Waals surface area contributed by atoms with Crippen molar-refractivity contribution in [3.05, 3.63) is 144 Å². The molecule has 0 aliphatic carbocycles.